The summed E-state index contributed by atoms with van der Waals surface area (Å²) in [7, 11) is 0. The number of imide groups is 1. The third-order valence-electron chi connectivity index (χ3n) is 2.67. The SMILES string of the molecule is CC(O)CN(C(=O)O)N1C(=O)c2ccccc2C1=O. The van der Waals surface area contributed by atoms with E-state index in [4.69, 9.17) is 5.11 Å². The van der Waals surface area contributed by atoms with Crippen LogP contribution in [0, 0.1) is 0 Å². The van der Waals surface area contributed by atoms with Crippen LogP contribution in [0.25, 0.3) is 0 Å². The molecule has 0 fully saturated rings. The molecule has 0 spiro atoms. The largest absolute Gasteiger partial charge is 0.464 e. The van der Waals surface area contributed by atoms with Crippen molar-refractivity contribution in [3.8, 4) is 0 Å². The van der Waals surface area contributed by atoms with Gasteiger partial charge >= 0.3 is 6.09 Å². The van der Waals surface area contributed by atoms with E-state index in [1.807, 2.05) is 0 Å². The minimum atomic E-state index is -1.48. The molecule has 1 heterocycles. The van der Waals surface area contributed by atoms with Crippen LogP contribution in [0.5, 0.6) is 0 Å². The molecule has 7 nitrogen and oxygen atoms in total. The van der Waals surface area contributed by atoms with Crippen LogP contribution in [-0.4, -0.2) is 50.8 Å². The topological polar surface area (TPSA) is 98.1 Å². The second kappa shape index (κ2) is 4.69. The molecular formula is C12H12N2O5. The lowest BCUT2D eigenvalue weighted by Crippen LogP contribution is -2.51. The minimum absolute atomic E-state index is 0.157. The summed E-state index contributed by atoms with van der Waals surface area (Å²) in [6, 6.07) is 6.09. The van der Waals surface area contributed by atoms with Gasteiger partial charge in [-0.15, -0.1) is 0 Å². The summed E-state index contributed by atoms with van der Waals surface area (Å²) in [5.41, 5.74) is 0.314. The number of benzene rings is 1. The number of hydrogen-bond donors (Lipinski definition) is 2. The summed E-state index contributed by atoms with van der Waals surface area (Å²) in [6.45, 7) is 1.01. The number of nitrogens with zero attached hydrogens (tertiary/aromatic N) is 2. The van der Waals surface area contributed by atoms with E-state index in [-0.39, 0.29) is 17.7 Å². The quantitative estimate of drug-likeness (QED) is 0.777. The van der Waals surface area contributed by atoms with Crippen molar-refractivity contribution >= 4 is 17.9 Å². The molecule has 7 heteroatoms. The van der Waals surface area contributed by atoms with Gasteiger partial charge in [-0.2, -0.15) is 5.01 Å². The molecule has 0 saturated carbocycles. The normalized spacial score (nSPS) is 15.4. The first kappa shape index (κ1) is 13.0. The van der Waals surface area contributed by atoms with Crippen molar-refractivity contribution in [3.05, 3.63) is 35.4 Å². The number of amides is 3. The lowest BCUT2D eigenvalue weighted by molar-refractivity contribution is -0.00803. The molecule has 1 aromatic rings. The molecule has 1 atom stereocenters. The van der Waals surface area contributed by atoms with E-state index in [0.29, 0.717) is 10.0 Å². The van der Waals surface area contributed by atoms with Gasteiger partial charge in [0, 0.05) is 0 Å². The lowest BCUT2D eigenvalue weighted by atomic mass is 10.1. The van der Waals surface area contributed by atoms with Crippen LogP contribution >= 0.6 is 0 Å². The van der Waals surface area contributed by atoms with Gasteiger partial charge in [0.2, 0.25) is 0 Å². The van der Waals surface area contributed by atoms with Gasteiger partial charge in [-0.05, 0) is 19.1 Å². The summed E-state index contributed by atoms with van der Waals surface area (Å²) < 4.78 is 0. The number of carbonyl (C=O) groups is 3. The number of carbonyl (C=O) groups excluding carboxylic acids is 2. The van der Waals surface area contributed by atoms with Crippen molar-refractivity contribution in [2.75, 3.05) is 6.54 Å². The van der Waals surface area contributed by atoms with Gasteiger partial charge in [-0.3, -0.25) is 9.59 Å². The number of rotatable bonds is 3. The number of hydrogen-bond acceptors (Lipinski definition) is 4. The number of fused-ring (bicyclic) bond motifs is 1. The van der Waals surface area contributed by atoms with Gasteiger partial charge in [0.25, 0.3) is 11.8 Å². The maximum Gasteiger partial charge on any atom is 0.426 e. The zero-order chi connectivity index (χ0) is 14.2. The highest BCUT2D eigenvalue weighted by Crippen LogP contribution is 2.24. The van der Waals surface area contributed by atoms with Gasteiger partial charge < -0.3 is 10.2 Å². The zero-order valence-electron chi connectivity index (χ0n) is 10.1. The standard InChI is InChI=1S/C12H12N2O5/c1-7(15)6-13(12(18)19)14-10(16)8-4-2-3-5-9(8)11(14)17/h2-5,7,15H,6H2,1H3,(H,18,19). The van der Waals surface area contributed by atoms with Gasteiger partial charge in [-0.1, -0.05) is 12.1 Å². The van der Waals surface area contributed by atoms with E-state index >= 15 is 0 Å². The fourth-order valence-corrected chi connectivity index (χ4v) is 1.89. The zero-order valence-corrected chi connectivity index (χ0v) is 10.1. The predicted molar refractivity (Wildman–Crippen MR) is 63.4 cm³/mol. The van der Waals surface area contributed by atoms with E-state index in [2.05, 4.69) is 0 Å². The fourth-order valence-electron chi connectivity index (χ4n) is 1.89. The fraction of sp³-hybridized carbons (Fsp3) is 0.250. The molecule has 1 aliphatic heterocycles. The Balaban J connectivity index is 2.39. The monoisotopic (exact) mass is 264 g/mol. The van der Waals surface area contributed by atoms with Gasteiger partial charge in [-0.25, -0.2) is 9.80 Å². The van der Waals surface area contributed by atoms with Crippen LogP contribution in [-0.2, 0) is 0 Å². The summed E-state index contributed by atoms with van der Waals surface area (Å²) >= 11 is 0. The Labute approximate surface area is 108 Å². The highest BCUT2D eigenvalue weighted by atomic mass is 16.4. The average Bonchev–Trinajstić information content (AvgIpc) is 2.60. The Kier molecular flexibility index (Phi) is 3.22. The highest BCUT2D eigenvalue weighted by molar-refractivity contribution is 6.21. The van der Waals surface area contributed by atoms with E-state index < -0.39 is 24.0 Å². The highest BCUT2D eigenvalue weighted by Gasteiger charge is 2.41. The Morgan fingerprint density at radius 2 is 1.74 bits per heavy atom. The molecule has 0 saturated heterocycles. The van der Waals surface area contributed by atoms with Crippen LogP contribution in [0.1, 0.15) is 27.6 Å². The molecule has 0 bridgehead atoms. The molecule has 1 aromatic carbocycles. The van der Waals surface area contributed by atoms with E-state index in [9.17, 15) is 19.5 Å². The molecule has 1 aliphatic rings. The molecule has 2 rings (SSSR count). The van der Waals surface area contributed by atoms with Crippen molar-refractivity contribution in [3.63, 3.8) is 0 Å². The van der Waals surface area contributed by atoms with Gasteiger partial charge in [0.15, 0.2) is 0 Å². The van der Waals surface area contributed by atoms with E-state index in [0.717, 1.165) is 0 Å². The molecule has 1 unspecified atom stereocenters. The van der Waals surface area contributed by atoms with Crippen molar-refractivity contribution in [1.82, 2.24) is 10.0 Å². The van der Waals surface area contributed by atoms with Crippen molar-refractivity contribution in [2.45, 2.75) is 13.0 Å². The minimum Gasteiger partial charge on any atom is -0.464 e. The molecule has 2 N–H and O–H groups in total. The number of carboxylic acid groups (broad SMARTS) is 1. The Hall–Kier alpha value is -2.41. The number of aliphatic hydroxyl groups excluding tert-OH is 1. The first-order chi connectivity index (χ1) is 8.93. The van der Waals surface area contributed by atoms with Crippen LogP contribution < -0.4 is 0 Å². The molecule has 0 aliphatic carbocycles. The van der Waals surface area contributed by atoms with Crippen molar-refractivity contribution in [1.29, 1.82) is 0 Å². The molecule has 3 amide bonds. The van der Waals surface area contributed by atoms with Crippen LogP contribution in [0.2, 0.25) is 0 Å². The molecule has 0 radical (unpaired) electrons. The predicted octanol–water partition coefficient (Wildman–Crippen LogP) is 0.558. The van der Waals surface area contributed by atoms with Crippen LogP contribution in [0.15, 0.2) is 24.3 Å². The van der Waals surface area contributed by atoms with Gasteiger partial charge in [0.05, 0.1) is 23.8 Å². The third-order valence-corrected chi connectivity index (χ3v) is 2.67. The number of hydrazine groups is 1. The molecule has 0 aromatic heterocycles. The maximum absolute atomic E-state index is 12.1. The Morgan fingerprint density at radius 1 is 1.26 bits per heavy atom. The summed E-state index contributed by atoms with van der Waals surface area (Å²) in [5, 5.41) is 19.4. The second-order valence-corrected chi connectivity index (χ2v) is 4.18. The van der Waals surface area contributed by atoms with Crippen LogP contribution in [0.4, 0.5) is 4.79 Å². The third kappa shape index (κ3) is 2.15. The van der Waals surface area contributed by atoms with E-state index in [1.165, 1.54) is 19.1 Å². The molecule has 19 heavy (non-hydrogen) atoms. The van der Waals surface area contributed by atoms with Gasteiger partial charge in [0.1, 0.15) is 0 Å². The Bertz CT molecular complexity index is 520. The van der Waals surface area contributed by atoms with Crippen molar-refractivity contribution < 1.29 is 24.6 Å². The Morgan fingerprint density at radius 3 is 2.11 bits per heavy atom. The lowest BCUT2D eigenvalue weighted by Gasteiger charge is -2.27. The van der Waals surface area contributed by atoms with Crippen molar-refractivity contribution in [2.24, 2.45) is 0 Å². The van der Waals surface area contributed by atoms with Crippen LogP contribution in [0.3, 0.4) is 0 Å². The maximum atomic E-state index is 12.1. The first-order valence-corrected chi connectivity index (χ1v) is 5.59. The summed E-state index contributed by atoms with van der Waals surface area (Å²) in [4.78, 5) is 35.2. The second-order valence-electron chi connectivity index (χ2n) is 4.18. The summed E-state index contributed by atoms with van der Waals surface area (Å²) in [6.07, 6.45) is -2.48. The number of aliphatic hydroxyl groups is 1. The molecular weight excluding hydrogens is 252 g/mol. The average molecular weight is 264 g/mol. The summed E-state index contributed by atoms with van der Waals surface area (Å²) in [5.74, 6) is -1.41. The molecule has 100 valence electrons. The smallest absolute Gasteiger partial charge is 0.426 e. The van der Waals surface area contributed by atoms with E-state index in [1.54, 1.807) is 12.1 Å². The first-order valence-electron chi connectivity index (χ1n) is 5.59.